The van der Waals surface area contributed by atoms with Crippen LogP contribution < -0.4 is 5.32 Å². The Morgan fingerprint density at radius 3 is 3.00 bits per heavy atom. The zero-order valence-electron chi connectivity index (χ0n) is 12.4. The summed E-state index contributed by atoms with van der Waals surface area (Å²) in [6, 6.07) is 0.321. The van der Waals surface area contributed by atoms with Gasteiger partial charge in [-0.1, -0.05) is 50.5 Å². The molecule has 108 valence electrons. The van der Waals surface area contributed by atoms with Crippen LogP contribution in [0.4, 0.5) is 0 Å². The Labute approximate surface area is 122 Å². The molecular formula is C18H25NO. The van der Waals surface area contributed by atoms with Crippen molar-refractivity contribution >= 4 is 0 Å². The monoisotopic (exact) mass is 271 g/mol. The summed E-state index contributed by atoms with van der Waals surface area (Å²) in [4.78, 5) is 0. The van der Waals surface area contributed by atoms with Crippen LogP contribution in [0.15, 0.2) is 47.4 Å². The van der Waals surface area contributed by atoms with E-state index in [4.69, 9.17) is 4.74 Å². The summed E-state index contributed by atoms with van der Waals surface area (Å²) in [6.45, 7) is 3.09. The van der Waals surface area contributed by atoms with Crippen LogP contribution in [0.3, 0.4) is 0 Å². The molecule has 0 saturated carbocycles. The maximum Gasteiger partial charge on any atom is 0.119 e. The van der Waals surface area contributed by atoms with E-state index in [2.05, 4.69) is 42.6 Å². The van der Waals surface area contributed by atoms with Crippen molar-refractivity contribution in [2.75, 3.05) is 6.61 Å². The Kier molecular flexibility index (Phi) is 4.29. The van der Waals surface area contributed by atoms with Crippen molar-refractivity contribution in [3.05, 3.63) is 47.4 Å². The molecule has 2 heteroatoms. The minimum Gasteiger partial charge on any atom is -0.496 e. The van der Waals surface area contributed by atoms with Gasteiger partial charge >= 0.3 is 0 Å². The highest BCUT2D eigenvalue weighted by Crippen LogP contribution is 2.38. The van der Waals surface area contributed by atoms with Crippen molar-refractivity contribution in [3.8, 4) is 0 Å². The topological polar surface area (TPSA) is 21.3 Å². The molecule has 2 aliphatic carbocycles. The van der Waals surface area contributed by atoms with Crippen LogP contribution in [-0.2, 0) is 4.74 Å². The van der Waals surface area contributed by atoms with Crippen molar-refractivity contribution in [3.63, 3.8) is 0 Å². The molecule has 0 aromatic carbocycles. The molecule has 20 heavy (non-hydrogen) atoms. The molecule has 0 aromatic rings. The smallest absolute Gasteiger partial charge is 0.119 e. The van der Waals surface area contributed by atoms with Crippen molar-refractivity contribution in [1.29, 1.82) is 0 Å². The summed E-state index contributed by atoms with van der Waals surface area (Å²) in [7, 11) is 0. The van der Waals surface area contributed by atoms with Crippen LogP contribution in [0.5, 0.6) is 0 Å². The molecule has 1 N–H and O–H groups in total. The largest absolute Gasteiger partial charge is 0.496 e. The van der Waals surface area contributed by atoms with E-state index >= 15 is 0 Å². The lowest BCUT2D eigenvalue weighted by molar-refractivity contribution is 0.178. The van der Waals surface area contributed by atoms with E-state index in [0.717, 1.165) is 25.2 Å². The first-order valence-electron chi connectivity index (χ1n) is 8.08. The van der Waals surface area contributed by atoms with E-state index in [9.17, 15) is 0 Å². The van der Waals surface area contributed by atoms with Gasteiger partial charge in [-0.25, -0.2) is 0 Å². The lowest BCUT2D eigenvalue weighted by Crippen LogP contribution is -2.30. The number of unbranched alkanes of at least 4 members (excludes halogenated alkanes) is 3. The Morgan fingerprint density at radius 2 is 2.10 bits per heavy atom. The molecule has 0 aromatic heterocycles. The average Bonchev–Trinajstić information content (AvgIpc) is 2.87. The predicted molar refractivity (Wildman–Crippen MR) is 83.1 cm³/mol. The summed E-state index contributed by atoms with van der Waals surface area (Å²) < 4.78 is 6.04. The van der Waals surface area contributed by atoms with Gasteiger partial charge in [0.25, 0.3) is 0 Å². The molecule has 1 heterocycles. The second-order valence-corrected chi connectivity index (χ2v) is 5.87. The summed E-state index contributed by atoms with van der Waals surface area (Å²) in [5, 5.41) is 3.65. The number of ether oxygens (including phenoxy) is 1. The molecule has 2 atom stereocenters. The highest BCUT2D eigenvalue weighted by atomic mass is 16.5. The average molecular weight is 271 g/mol. The first-order valence-corrected chi connectivity index (χ1v) is 8.08. The molecule has 3 rings (SSSR count). The number of allylic oxidation sites excluding steroid dienone is 5. The van der Waals surface area contributed by atoms with Crippen molar-refractivity contribution < 1.29 is 4.74 Å². The molecule has 0 bridgehead atoms. The van der Waals surface area contributed by atoms with Crippen LogP contribution in [0.2, 0.25) is 0 Å². The van der Waals surface area contributed by atoms with Crippen molar-refractivity contribution in [2.45, 2.75) is 51.5 Å². The van der Waals surface area contributed by atoms with Crippen LogP contribution in [0, 0.1) is 5.92 Å². The SMILES string of the molecule is CCCCCCOC1=CC=CC2C3=CCCC=C3NC12. The fourth-order valence-corrected chi connectivity index (χ4v) is 3.28. The van der Waals surface area contributed by atoms with Gasteiger partial charge in [-0.2, -0.15) is 0 Å². The highest BCUT2D eigenvalue weighted by molar-refractivity contribution is 5.47. The molecule has 0 spiro atoms. The summed E-state index contributed by atoms with van der Waals surface area (Å²) in [5.74, 6) is 1.59. The second-order valence-electron chi connectivity index (χ2n) is 5.87. The van der Waals surface area contributed by atoms with Gasteiger partial charge in [-0.15, -0.1) is 0 Å². The molecule has 2 unspecified atom stereocenters. The molecular weight excluding hydrogens is 246 g/mol. The van der Waals surface area contributed by atoms with E-state index in [0.29, 0.717) is 12.0 Å². The lowest BCUT2D eigenvalue weighted by Gasteiger charge is -2.23. The first kappa shape index (κ1) is 13.5. The normalized spacial score (nSPS) is 26.9. The Bertz CT molecular complexity index is 470. The van der Waals surface area contributed by atoms with Crippen LogP contribution >= 0.6 is 0 Å². The maximum atomic E-state index is 6.04. The standard InChI is InChI=1S/C18H25NO/c1-2-3-4-7-13-20-17-12-8-10-15-14-9-5-6-11-16(14)19-18(15)17/h8-12,15,18-19H,2-7,13H2,1H3. The molecule has 1 aliphatic heterocycles. The van der Waals surface area contributed by atoms with Gasteiger partial charge in [0.15, 0.2) is 0 Å². The van der Waals surface area contributed by atoms with E-state index in [1.54, 1.807) is 0 Å². The Balaban J connectivity index is 1.60. The number of hydrogen-bond donors (Lipinski definition) is 1. The second kappa shape index (κ2) is 6.34. The maximum absolute atomic E-state index is 6.04. The molecule has 1 saturated heterocycles. The summed E-state index contributed by atoms with van der Waals surface area (Å²) in [5.41, 5.74) is 2.80. The Hall–Kier alpha value is -1.44. The molecule has 3 aliphatic rings. The van der Waals surface area contributed by atoms with Crippen LogP contribution in [-0.4, -0.2) is 12.6 Å². The van der Waals surface area contributed by atoms with E-state index < -0.39 is 0 Å². The fourth-order valence-electron chi connectivity index (χ4n) is 3.28. The molecule has 2 nitrogen and oxygen atoms in total. The summed E-state index contributed by atoms with van der Waals surface area (Å²) >= 11 is 0. The molecule has 0 radical (unpaired) electrons. The van der Waals surface area contributed by atoms with Gasteiger partial charge in [-0.3, -0.25) is 0 Å². The van der Waals surface area contributed by atoms with Gasteiger partial charge in [0.1, 0.15) is 5.76 Å². The quantitative estimate of drug-likeness (QED) is 0.730. The van der Waals surface area contributed by atoms with Crippen LogP contribution in [0.25, 0.3) is 0 Å². The third-order valence-electron chi connectivity index (χ3n) is 4.37. The zero-order chi connectivity index (χ0) is 13.8. The third-order valence-corrected chi connectivity index (χ3v) is 4.37. The minimum absolute atomic E-state index is 0.321. The van der Waals surface area contributed by atoms with Gasteiger partial charge in [0, 0.05) is 11.6 Å². The molecule has 1 fully saturated rings. The Morgan fingerprint density at radius 1 is 1.20 bits per heavy atom. The molecule has 0 amide bonds. The lowest BCUT2D eigenvalue weighted by atomic mass is 9.88. The van der Waals surface area contributed by atoms with E-state index in [-0.39, 0.29) is 0 Å². The number of hydrogen-bond acceptors (Lipinski definition) is 2. The third kappa shape index (κ3) is 2.70. The van der Waals surface area contributed by atoms with Gasteiger partial charge in [0.05, 0.1) is 12.6 Å². The number of rotatable bonds is 6. The van der Waals surface area contributed by atoms with Crippen molar-refractivity contribution in [1.82, 2.24) is 5.32 Å². The minimum atomic E-state index is 0.321. The highest BCUT2D eigenvalue weighted by Gasteiger charge is 2.37. The van der Waals surface area contributed by atoms with Crippen molar-refractivity contribution in [2.24, 2.45) is 5.92 Å². The number of nitrogens with one attached hydrogen (secondary N) is 1. The van der Waals surface area contributed by atoms with Gasteiger partial charge in [-0.05, 0) is 30.9 Å². The van der Waals surface area contributed by atoms with Crippen LogP contribution in [0.1, 0.15) is 45.4 Å². The number of fused-ring (bicyclic) bond motifs is 3. The van der Waals surface area contributed by atoms with Gasteiger partial charge < -0.3 is 10.1 Å². The van der Waals surface area contributed by atoms with Gasteiger partial charge in [0.2, 0.25) is 0 Å². The van der Waals surface area contributed by atoms with E-state index in [1.165, 1.54) is 37.0 Å². The first-order chi connectivity index (χ1) is 9.90. The zero-order valence-corrected chi connectivity index (χ0v) is 12.4. The fraction of sp³-hybridized carbons (Fsp3) is 0.556. The predicted octanol–water partition coefficient (Wildman–Crippen LogP) is 4.23. The van der Waals surface area contributed by atoms with E-state index in [1.807, 2.05) is 0 Å². The summed E-state index contributed by atoms with van der Waals surface area (Å²) in [6.07, 6.45) is 18.7.